The molecule has 1 aromatic carbocycles. The molecule has 1 N–H and O–H groups in total. The summed E-state index contributed by atoms with van der Waals surface area (Å²) in [6.07, 6.45) is 1.60. The summed E-state index contributed by atoms with van der Waals surface area (Å²) in [5.74, 6) is 1.32. The third kappa shape index (κ3) is 3.19. The second-order valence-corrected chi connectivity index (χ2v) is 4.60. The zero-order valence-electron chi connectivity index (χ0n) is 10.7. The number of aromatic nitrogens is 2. The third-order valence-corrected chi connectivity index (χ3v) is 3.17. The molecular formula is C14H17N3O2. The predicted molar refractivity (Wildman–Crippen MR) is 69.7 cm³/mol. The number of hydrogen-bond acceptors (Lipinski definition) is 5. The highest BCUT2D eigenvalue weighted by atomic mass is 16.5. The Bertz CT molecular complexity index is 506. The number of hydrogen-bond donors (Lipinski definition) is 1. The van der Waals surface area contributed by atoms with Crippen LogP contribution >= 0.6 is 0 Å². The van der Waals surface area contributed by atoms with E-state index in [9.17, 15) is 0 Å². The fourth-order valence-corrected chi connectivity index (χ4v) is 2.12. The summed E-state index contributed by atoms with van der Waals surface area (Å²) in [6, 6.07) is 10.3. The number of rotatable bonds is 4. The topological polar surface area (TPSA) is 60.2 Å². The van der Waals surface area contributed by atoms with Crippen LogP contribution in [-0.4, -0.2) is 29.8 Å². The number of ether oxygens (including phenoxy) is 1. The summed E-state index contributed by atoms with van der Waals surface area (Å²) in [6.45, 7) is 2.30. The fraction of sp³-hybridized carbons (Fsp3) is 0.429. The minimum Gasteiger partial charge on any atom is -0.366 e. The molecule has 0 bridgehead atoms. The van der Waals surface area contributed by atoms with Gasteiger partial charge in [0, 0.05) is 19.5 Å². The molecule has 1 aromatic heterocycles. The normalized spacial score (nSPS) is 19.5. The number of benzene rings is 1. The predicted octanol–water partition coefficient (Wildman–Crippen LogP) is 1.52. The molecule has 1 fully saturated rings. The van der Waals surface area contributed by atoms with Crippen LogP contribution in [0.2, 0.25) is 0 Å². The molecular weight excluding hydrogens is 242 g/mol. The summed E-state index contributed by atoms with van der Waals surface area (Å²) in [5.41, 5.74) is 1.28. The fourth-order valence-electron chi connectivity index (χ4n) is 2.12. The lowest BCUT2D eigenvalue weighted by Gasteiger charge is -2.19. The van der Waals surface area contributed by atoms with E-state index in [0.29, 0.717) is 12.5 Å². The van der Waals surface area contributed by atoms with Gasteiger partial charge in [-0.15, -0.1) is 0 Å². The highest BCUT2D eigenvalue weighted by Crippen LogP contribution is 2.16. The second-order valence-electron chi connectivity index (χ2n) is 4.60. The molecule has 100 valence electrons. The molecule has 1 unspecified atom stereocenters. The van der Waals surface area contributed by atoms with E-state index in [1.807, 2.05) is 18.2 Å². The van der Waals surface area contributed by atoms with Gasteiger partial charge in [0.2, 0.25) is 0 Å². The number of aryl methyl sites for hydroxylation is 2. The first-order chi connectivity index (χ1) is 9.42. The Morgan fingerprint density at radius 2 is 2.11 bits per heavy atom. The van der Waals surface area contributed by atoms with Gasteiger partial charge in [0.15, 0.2) is 5.82 Å². The van der Waals surface area contributed by atoms with Crippen molar-refractivity contribution in [1.29, 1.82) is 0 Å². The van der Waals surface area contributed by atoms with Crippen molar-refractivity contribution in [2.24, 2.45) is 0 Å². The van der Waals surface area contributed by atoms with Crippen LogP contribution < -0.4 is 5.32 Å². The number of nitrogens with zero attached hydrogens (tertiary/aromatic N) is 2. The molecule has 0 saturated carbocycles. The standard InChI is InChI=1S/C14H17N3O2/c1-2-4-11(5-3-1)6-7-13-16-14(19-17-13)12-10-15-8-9-18-12/h1-5,12,15H,6-10H2. The Morgan fingerprint density at radius 1 is 1.21 bits per heavy atom. The second kappa shape index (κ2) is 5.95. The number of nitrogens with one attached hydrogen (secondary N) is 1. The van der Waals surface area contributed by atoms with Crippen LogP contribution in [0.3, 0.4) is 0 Å². The van der Waals surface area contributed by atoms with Crippen LogP contribution in [0, 0.1) is 0 Å². The van der Waals surface area contributed by atoms with Gasteiger partial charge in [0.25, 0.3) is 5.89 Å². The van der Waals surface area contributed by atoms with Crippen molar-refractivity contribution in [2.75, 3.05) is 19.7 Å². The smallest absolute Gasteiger partial charge is 0.257 e. The zero-order chi connectivity index (χ0) is 12.9. The average Bonchev–Trinajstić information content (AvgIpc) is 2.96. The summed E-state index contributed by atoms with van der Waals surface area (Å²) in [4.78, 5) is 4.41. The van der Waals surface area contributed by atoms with Crippen molar-refractivity contribution < 1.29 is 9.26 Å². The van der Waals surface area contributed by atoms with E-state index >= 15 is 0 Å². The summed E-state index contributed by atoms with van der Waals surface area (Å²) < 4.78 is 10.8. The van der Waals surface area contributed by atoms with E-state index in [1.54, 1.807) is 0 Å². The van der Waals surface area contributed by atoms with Gasteiger partial charge < -0.3 is 14.6 Å². The van der Waals surface area contributed by atoms with Crippen LogP contribution in [0.25, 0.3) is 0 Å². The van der Waals surface area contributed by atoms with Crippen LogP contribution in [0.4, 0.5) is 0 Å². The van der Waals surface area contributed by atoms with Gasteiger partial charge in [-0.2, -0.15) is 4.98 Å². The summed E-state index contributed by atoms with van der Waals surface area (Å²) in [5, 5.41) is 7.26. The van der Waals surface area contributed by atoms with Gasteiger partial charge >= 0.3 is 0 Å². The van der Waals surface area contributed by atoms with E-state index in [1.165, 1.54) is 5.56 Å². The van der Waals surface area contributed by atoms with Gasteiger partial charge in [-0.1, -0.05) is 35.5 Å². The molecule has 19 heavy (non-hydrogen) atoms. The van der Waals surface area contributed by atoms with Crippen LogP contribution in [0.15, 0.2) is 34.9 Å². The Kier molecular flexibility index (Phi) is 3.86. The van der Waals surface area contributed by atoms with Crippen LogP contribution in [0.1, 0.15) is 23.4 Å². The summed E-state index contributed by atoms with van der Waals surface area (Å²) in [7, 11) is 0. The Labute approximate surface area is 112 Å². The van der Waals surface area contributed by atoms with Crippen LogP contribution in [-0.2, 0) is 17.6 Å². The first kappa shape index (κ1) is 12.3. The van der Waals surface area contributed by atoms with Gasteiger partial charge in [-0.3, -0.25) is 0 Å². The van der Waals surface area contributed by atoms with E-state index < -0.39 is 0 Å². The van der Waals surface area contributed by atoms with Gasteiger partial charge in [0.1, 0.15) is 6.10 Å². The lowest BCUT2D eigenvalue weighted by molar-refractivity contribution is 0.00755. The maximum atomic E-state index is 5.58. The maximum Gasteiger partial charge on any atom is 0.257 e. The molecule has 2 aromatic rings. The minimum absolute atomic E-state index is 0.105. The van der Waals surface area contributed by atoms with Crippen molar-refractivity contribution in [2.45, 2.75) is 18.9 Å². The van der Waals surface area contributed by atoms with Crippen LogP contribution in [0.5, 0.6) is 0 Å². The highest BCUT2D eigenvalue weighted by Gasteiger charge is 2.21. The van der Waals surface area contributed by atoms with Crippen molar-refractivity contribution in [3.8, 4) is 0 Å². The SMILES string of the molecule is c1ccc(CCc2noc(C3CNCCO3)n2)cc1. The molecule has 1 saturated heterocycles. The molecule has 0 aliphatic carbocycles. The molecule has 2 heterocycles. The lowest BCUT2D eigenvalue weighted by atomic mass is 10.1. The van der Waals surface area contributed by atoms with Crippen molar-refractivity contribution >= 4 is 0 Å². The molecule has 0 radical (unpaired) electrons. The van der Waals surface area contributed by atoms with Gasteiger partial charge in [-0.25, -0.2) is 0 Å². The molecule has 3 rings (SSSR count). The van der Waals surface area contributed by atoms with Crippen molar-refractivity contribution in [3.63, 3.8) is 0 Å². The van der Waals surface area contributed by atoms with Gasteiger partial charge in [-0.05, 0) is 12.0 Å². The first-order valence-electron chi connectivity index (χ1n) is 6.60. The Hall–Kier alpha value is -1.72. The third-order valence-electron chi connectivity index (χ3n) is 3.17. The monoisotopic (exact) mass is 259 g/mol. The molecule has 1 aliphatic heterocycles. The highest BCUT2D eigenvalue weighted by molar-refractivity contribution is 5.15. The van der Waals surface area contributed by atoms with Gasteiger partial charge in [0.05, 0.1) is 6.61 Å². The van der Waals surface area contributed by atoms with E-state index in [2.05, 4.69) is 27.6 Å². The van der Waals surface area contributed by atoms with E-state index in [-0.39, 0.29) is 6.10 Å². The maximum absolute atomic E-state index is 5.58. The Morgan fingerprint density at radius 3 is 2.89 bits per heavy atom. The van der Waals surface area contributed by atoms with E-state index in [0.717, 1.165) is 31.8 Å². The molecule has 0 amide bonds. The number of morpholine rings is 1. The average molecular weight is 259 g/mol. The molecule has 5 nitrogen and oxygen atoms in total. The lowest BCUT2D eigenvalue weighted by Crippen LogP contribution is -2.33. The first-order valence-corrected chi connectivity index (χ1v) is 6.60. The summed E-state index contributed by atoms with van der Waals surface area (Å²) >= 11 is 0. The van der Waals surface area contributed by atoms with Crippen molar-refractivity contribution in [1.82, 2.24) is 15.5 Å². The minimum atomic E-state index is -0.105. The quantitative estimate of drug-likeness (QED) is 0.902. The van der Waals surface area contributed by atoms with Crippen molar-refractivity contribution in [3.05, 3.63) is 47.6 Å². The zero-order valence-corrected chi connectivity index (χ0v) is 10.7. The largest absolute Gasteiger partial charge is 0.366 e. The molecule has 1 atom stereocenters. The Balaban J connectivity index is 1.58. The van der Waals surface area contributed by atoms with E-state index in [4.69, 9.17) is 9.26 Å². The molecule has 0 spiro atoms. The molecule has 5 heteroatoms. The molecule has 1 aliphatic rings.